The summed E-state index contributed by atoms with van der Waals surface area (Å²) in [6.07, 6.45) is 4.13. The highest BCUT2D eigenvalue weighted by molar-refractivity contribution is 5.96. The first-order valence-electron chi connectivity index (χ1n) is 7.57. The molecule has 0 spiro atoms. The Hall–Kier alpha value is -2.86. The molecule has 0 aliphatic carbocycles. The third kappa shape index (κ3) is 2.64. The predicted octanol–water partition coefficient (Wildman–Crippen LogP) is 2.86. The van der Waals surface area contributed by atoms with Crippen LogP contribution in [0.15, 0.2) is 65.3 Å². The van der Waals surface area contributed by atoms with E-state index < -0.39 is 0 Å². The summed E-state index contributed by atoms with van der Waals surface area (Å²) in [5.41, 5.74) is 3.16. The van der Waals surface area contributed by atoms with E-state index in [1.807, 2.05) is 44.3 Å². The second kappa shape index (κ2) is 5.40. The van der Waals surface area contributed by atoms with E-state index in [1.165, 1.54) is 0 Å². The van der Waals surface area contributed by atoms with Crippen molar-refractivity contribution in [3.63, 3.8) is 0 Å². The number of H-pyrrole nitrogens is 1. The summed E-state index contributed by atoms with van der Waals surface area (Å²) in [5.74, 6) is 2.73. The van der Waals surface area contributed by atoms with Gasteiger partial charge in [-0.15, -0.1) is 0 Å². The summed E-state index contributed by atoms with van der Waals surface area (Å²) in [4.78, 5) is 8.90. The van der Waals surface area contributed by atoms with E-state index in [-0.39, 0.29) is 0 Å². The Bertz CT molecular complexity index is 815. The number of benzene rings is 1. The molecule has 1 aromatic heterocycles. The minimum atomic E-state index is 0.739. The Balaban J connectivity index is 1.70. The lowest BCUT2D eigenvalue weighted by Gasteiger charge is -2.25. The Morgan fingerprint density at radius 1 is 1.22 bits per heavy atom. The smallest absolute Gasteiger partial charge is 0.284 e. The maximum absolute atomic E-state index is 4.64. The number of aryl methyl sites for hydroxylation is 1. The highest BCUT2D eigenvalue weighted by atomic mass is 15.4. The van der Waals surface area contributed by atoms with Gasteiger partial charge in [0.1, 0.15) is 12.2 Å². The van der Waals surface area contributed by atoms with Gasteiger partial charge in [-0.2, -0.15) is 10.1 Å². The van der Waals surface area contributed by atoms with Gasteiger partial charge in [-0.25, -0.2) is 0 Å². The molecule has 2 aromatic rings. The highest BCUT2D eigenvalue weighted by Gasteiger charge is 2.39. The zero-order valence-corrected chi connectivity index (χ0v) is 13.1. The number of hydrogen-bond donors (Lipinski definition) is 2. The highest BCUT2D eigenvalue weighted by Crippen LogP contribution is 2.25. The number of allylic oxidation sites excluding steroid dienone is 1. The fourth-order valence-electron chi connectivity index (χ4n) is 2.77. The number of para-hydroxylation sites is 1. The van der Waals surface area contributed by atoms with Crippen LogP contribution in [-0.2, 0) is 0 Å². The number of nitrogens with one attached hydrogen (secondary N) is 2. The SMILES string of the molecule is CC1=C[N+]2C(Nc3cc(C)[nH]n3)=CN(c3ccccc3)CC2=N1. The van der Waals surface area contributed by atoms with E-state index in [2.05, 4.69) is 48.6 Å². The maximum atomic E-state index is 4.64. The molecule has 2 aliphatic rings. The molecular weight excluding hydrogens is 288 g/mol. The molecule has 1 aromatic carbocycles. The van der Waals surface area contributed by atoms with Crippen LogP contribution >= 0.6 is 0 Å². The van der Waals surface area contributed by atoms with Gasteiger partial charge in [-0.1, -0.05) is 18.2 Å². The van der Waals surface area contributed by atoms with Gasteiger partial charge in [-0.05, 0) is 30.9 Å². The molecule has 115 valence electrons. The van der Waals surface area contributed by atoms with E-state index in [1.54, 1.807) is 0 Å². The zero-order chi connectivity index (χ0) is 15.8. The summed E-state index contributed by atoms with van der Waals surface area (Å²) < 4.78 is 0. The Labute approximate surface area is 134 Å². The van der Waals surface area contributed by atoms with E-state index in [0.29, 0.717) is 0 Å². The maximum Gasteiger partial charge on any atom is 0.284 e. The van der Waals surface area contributed by atoms with Gasteiger partial charge in [0, 0.05) is 17.4 Å². The van der Waals surface area contributed by atoms with Gasteiger partial charge in [-0.3, -0.25) is 10.4 Å². The number of fused-ring (bicyclic) bond motifs is 1. The summed E-state index contributed by atoms with van der Waals surface area (Å²) in [6.45, 7) is 4.73. The molecule has 2 N–H and O–H groups in total. The van der Waals surface area contributed by atoms with Crippen LogP contribution in [-0.4, -0.2) is 22.6 Å². The molecule has 0 saturated carbocycles. The minimum Gasteiger partial charge on any atom is -0.329 e. The van der Waals surface area contributed by atoms with E-state index in [0.717, 1.165) is 41.1 Å². The van der Waals surface area contributed by atoms with E-state index >= 15 is 0 Å². The number of hydrogen-bond acceptors (Lipinski definition) is 5. The van der Waals surface area contributed by atoms with Crippen molar-refractivity contribution in [1.82, 2.24) is 15.1 Å². The average Bonchev–Trinajstić information content (AvgIpc) is 3.13. The van der Waals surface area contributed by atoms with E-state index in [4.69, 9.17) is 0 Å². The molecule has 0 atom stereocenters. The predicted molar refractivity (Wildman–Crippen MR) is 92.1 cm³/mol. The quantitative estimate of drug-likeness (QED) is 0.857. The number of anilines is 2. The fraction of sp³-hybridized carbons (Fsp3) is 0.176. The second-order valence-corrected chi connectivity index (χ2v) is 5.71. The normalized spacial score (nSPS) is 17.5. The Morgan fingerprint density at radius 2 is 2.04 bits per heavy atom. The average molecular weight is 306 g/mol. The van der Waals surface area contributed by atoms with Crippen molar-refractivity contribution < 1.29 is 0 Å². The van der Waals surface area contributed by atoms with Gasteiger partial charge in [0.05, 0.1) is 6.20 Å². The lowest BCUT2D eigenvalue weighted by atomic mass is 10.2. The van der Waals surface area contributed by atoms with Gasteiger partial charge in [0.15, 0.2) is 12.0 Å². The molecule has 0 unspecified atom stereocenters. The molecule has 0 bridgehead atoms. The number of nitrogens with zero attached hydrogens (tertiary/aromatic N) is 4. The van der Waals surface area contributed by atoms with Gasteiger partial charge >= 0.3 is 0 Å². The van der Waals surface area contributed by atoms with Gasteiger partial charge in [0.25, 0.3) is 11.7 Å². The van der Waals surface area contributed by atoms with Crippen LogP contribution in [0.25, 0.3) is 0 Å². The molecule has 6 heteroatoms. The lowest BCUT2D eigenvalue weighted by Crippen LogP contribution is -2.45. The zero-order valence-electron chi connectivity index (χ0n) is 13.1. The molecule has 0 saturated heterocycles. The largest absolute Gasteiger partial charge is 0.329 e. The van der Waals surface area contributed by atoms with Crippen LogP contribution in [0.2, 0.25) is 0 Å². The van der Waals surface area contributed by atoms with Crippen molar-refractivity contribution in [2.75, 3.05) is 16.8 Å². The molecule has 23 heavy (non-hydrogen) atoms. The van der Waals surface area contributed by atoms with Crippen molar-refractivity contribution in [3.8, 4) is 0 Å². The second-order valence-electron chi connectivity index (χ2n) is 5.71. The first-order valence-corrected chi connectivity index (χ1v) is 7.57. The molecule has 6 nitrogen and oxygen atoms in total. The number of aromatic amines is 1. The van der Waals surface area contributed by atoms with Crippen LogP contribution in [0.5, 0.6) is 0 Å². The van der Waals surface area contributed by atoms with Crippen LogP contribution in [0.3, 0.4) is 0 Å². The van der Waals surface area contributed by atoms with Crippen LogP contribution in [0.4, 0.5) is 11.5 Å². The van der Waals surface area contributed by atoms with Crippen LogP contribution < -0.4 is 15.1 Å². The van der Waals surface area contributed by atoms with Crippen molar-refractivity contribution in [1.29, 1.82) is 0 Å². The fourth-order valence-corrected chi connectivity index (χ4v) is 2.77. The number of amidine groups is 1. The molecule has 0 fully saturated rings. The Morgan fingerprint density at radius 3 is 2.78 bits per heavy atom. The third-order valence-electron chi connectivity index (χ3n) is 3.80. The summed E-state index contributed by atoms with van der Waals surface area (Å²) in [7, 11) is 0. The number of aromatic nitrogens is 2. The summed E-state index contributed by atoms with van der Waals surface area (Å²) >= 11 is 0. The van der Waals surface area contributed by atoms with E-state index in [9.17, 15) is 0 Å². The summed E-state index contributed by atoms with van der Waals surface area (Å²) in [6, 6.07) is 12.3. The molecule has 3 heterocycles. The van der Waals surface area contributed by atoms with Crippen molar-refractivity contribution in [2.45, 2.75) is 13.8 Å². The van der Waals surface area contributed by atoms with Crippen LogP contribution in [0.1, 0.15) is 12.6 Å². The minimum absolute atomic E-state index is 0.739. The van der Waals surface area contributed by atoms with Gasteiger partial charge < -0.3 is 4.90 Å². The first kappa shape index (κ1) is 13.8. The molecule has 2 aliphatic heterocycles. The molecule has 4 rings (SSSR count). The number of aliphatic imine (C=N–C) groups is 1. The molecule has 0 amide bonds. The standard InChI is InChI=1S/C17H18N6/c1-12-8-15(21-20-12)19-17-11-22(14-6-4-3-5-7-14)10-16-18-13(2)9-23(16)17/h3-9,11H,10H2,1-2H3,(H2,19,20,21)/q+1. The van der Waals surface area contributed by atoms with Crippen molar-refractivity contribution in [2.24, 2.45) is 4.99 Å². The summed E-state index contributed by atoms with van der Waals surface area (Å²) in [5, 5.41) is 10.6. The first-order chi connectivity index (χ1) is 11.2. The Kier molecular flexibility index (Phi) is 3.24. The number of rotatable bonds is 3. The molecule has 1 radical (unpaired) electrons. The lowest BCUT2D eigenvalue weighted by molar-refractivity contribution is 0.813. The monoisotopic (exact) mass is 306 g/mol. The third-order valence-corrected chi connectivity index (χ3v) is 3.80. The topological polar surface area (TPSA) is 62.2 Å². The van der Waals surface area contributed by atoms with Crippen molar-refractivity contribution in [3.05, 3.63) is 66.0 Å². The van der Waals surface area contributed by atoms with Gasteiger partial charge in [0.2, 0.25) is 0 Å². The molecular formula is C17H18N6+. The van der Waals surface area contributed by atoms with Crippen LogP contribution in [0, 0.1) is 6.92 Å². The van der Waals surface area contributed by atoms with Crippen molar-refractivity contribution >= 4 is 17.3 Å².